The number of nitrogens with zero attached hydrogens (tertiary/aromatic N) is 4. The SMILES string of the molecule is CC1C=CC(C(F)(F)F)=CC1[C@H](C)Nc1nccc(-n2cnc3cc(NCC4CCCN4)ccc32)n1. The van der Waals surface area contributed by atoms with Gasteiger partial charge in [0.15, 0.2) is 0 Å². The van der Waals surface area contributed by atoms with Crippen LogP contribution in [0.1, 0.15) is 26.7 Å². The van der Waals surface area contributed by atoms with Crippen molar-refractivity contribution in [2.24, 2.45) is 11.8 Å². The van der Waals surface area contributed by atoms with E-state index >= 15 is 0 Å². The molecule has 10 heteroatoms. The molecule has 3 unspecified atom stereocenters. The lowest BCUT2D eigenvalue weighted by Gasteiger charge is -2.29. The molecule has 1 fully saturated rings. The number of alkyl halides is 3. The van der Waals surface area contributed by atoms with Gasteiger partial charge in [0.05, 0.1) is 16.6 Å². The minimum absolute atomic E-state index is 0.0494. The fraction of sp³-hybridized carbons (Fsp3) is 0.423. The van der Waals surface area contributed by atoms with Crippen LogP contribution in [0.15, 0.2) is 60.6 Å². The number of allylic oxidation sites excluding steroid dienone is 3. The number of halogens is 3. The molecule has 5 rings (SSSR count). The fourth-order valence-corrected chi connectivity index (χ4v) is 4.92. The van der Waals surface area contributed by atoms with Crippen LogP contribution in [0, 0.1) is 11.8 Å². The van der Waals surface area contributed by atoms with E-state index in [1.165, 1.54) is 18.9 Å². The number of anilines is 2. The molecule has 190 valence electrons. The number of hydrogen-bond donors (Lipinski definition) is 3. The molecule has 2 aliphatic rings. The van der Waals surface area contributed by atoms with Gasteiger partial charge in [0.1, 0.15) is 12.1 Å². The Morgan fingerprint density at radius 1 is 1.22 bits per heavy atom. The Bertz CT molecular complexity index is 1270. The lowest BCUT2D eigenvalue weighted by Crippen LogP contribution is -2.32. The molecule has 4 atom stereocenters. The molecule has 1 saturated heterocycles. The van der Waals surface area contributed by atoms with Gasteiger partial charge in [0, 0.05) is 36.4 Å². The first-order chi connectivity index (χ1) is 17.3. The van der Waals surface area contributed by atoms with Gasteiger partial charge in [-0.15, -0.1) is 0 Å². The Kier molecular flexibility index (Phi) is 6.70. The summed E-state index contributed by atoms with van der Waals surface area (Å²) in [7, 11) is 0. The third-order valence-electron chi connectivity index (χ3n) is 6.97. The van der Waals surface area contributed by atoms with E-state index in [0.29, 0.717) is 17.8 Å². The molecule has 7 nitrogen and oxygen atoms in total. The van der Waals surface area contributed by atoms with Crippen LogP contribution in [-0.4, -0.2) is 50.9 Å². The van der Waals surface area contributed by atoms with Gasteiger partial charge in [-0.3, -0.25) is 4.57 Å². The summed E-state index contributed by atoms with van der Waals surface area (Å²) < 4.78 is 41.6. The largest absolute Gasteiger partial charge is 0.416 e. The molecule has 1 aliphatic heterocycles. The quantitative estimate of drug-likeness (QED) is 0.422. The highest BCUT2D eigenvalue weighted by atomic mass is 19.4. The predicted molar refractivity (Wildman–Crippen MR) is 135 cm³/mol. The first kappa shape index (κ1) is 24.3. The third-order valence-corrected chi connectivity index (χ3v) is 6.97. The van der Waals surface area contributed by atoms with Crippen molar-refractivity contribution in [1.82, 2.24) is 24.8 Å². The fourth-order valence-electron chi connectivity index (χ4n) is 4.92. The lowest BCUT2D eigenvalue weighted by molar-refractivity contribution is -0.0891. The second-order valence-electron chi connectivity index (χ2n) is 9.58. The van der Waals surface area contributed by atoms with Gasteiger partial charge in [-0.05, 0) is 56.5 Å². The van der Waals surface area contributed by atoms with Crippen LogP contribution in [-0.2, 0) is 0 Å². The third kappa shape index (κ3) is 5.23. The summed E-state index contributed by atoms with van der Waals surface area (Å²) in [4.78, 5) is 13.5. The van der Waals surface area contributed by atoms with Gasteiger partial charge < -0.3 is 16.0 Å². The van der Waals surface area contributed by atoms with Crippen molar-refractivity contribution in [3.63, 3.8) is 0 Å². The maximum Gasteiger partial charge on any atom is 0.416 e. The van der Waals surface area contributed by atoms with Crippen molar-refractivity contribution in [1.29, 1.82) is 0 Å². The van der Waals surface area contributed by atoms with E-state index < -0.39 is 11.7 Å². The van der Waals surface area contributed by atoms with Gasteiger partial charge in [-0.25, -0.2) is 9.97 Å². The Balaban J connectivity index is 1.31. The van der Waals surface area contributed by atoms with E-state index in [2.05, 4.69) is 30.9 Å². The molecule has 36 heavy (non-hydrogen) atoms. The van der Waals surface area contributed by atoms with Gasteiger partial charge in [0.25, 0.3) is 0 Å². The number of imidazole rings is 1. The highest BCUT2D eigenvalue weighted by Gasteiger charge is 2.36. The maximum atomic E-state index is 13.2. The highest BCUT2D eigenvalue weighted by Crippen LogP contribution is 2.35. The van der Waals surface area contributed by atoms with Crippen LogP contribution in [0.2, 0.25) is 0 Å². The van der Waals surface area contributed by atoms with Crippen molar-refractivity contribution in [2.45, 2.75) is 44.9 Å². The molecule has 2 aromatic heterocycles. The number of fused-ring (bicyclic) bond motifs is 1. The van der Waals surface area contributed by atoms with Crippen molar-refractivity contribution in [3.8, 4) is 5.82 Å². The maximum absolute atomic E-state index is 13.2. The summed E-state index contributed by atoms with van der Waals surface area (Å²) in [5.41, 5.74) is 2.14. The topological polar surface area (TPSA) is 79.7 Å². The van der Waals surface area contributed by atoms with E-state index in [1.807, 2.05) is 36.6 Å². The molecule has 3 aromatic rings. The van der Waals surface area contributed by atoms with Crippen molar-refractivity contribution in [3.05, 3.63) is 60.6 Å². The molecular weight excluding hydrogens is 467 g/mol. The average molecular weight is 498 g/mol. The summed E-state index contributed by atoms with van der Waals surface area (Å²) >= 11 is 0. The smallest absolute Gasteiger partial charge is 0.383 e. The van der Waals surface area contributed by atoms with Crippen molar-refractivity contribution < 1.29 is 13.2 Å². The molecular formula is C26H30F3N7. The van der Waals surface area contributed by atoms with Crippen LogP contribution in [0.4, 0.5) is 24.8 Å². The first-order valence-corrected chi connectivity index (χ1v) is 12.3. The molecule has 0 bridgehead atoms. The number of nitrogens with one attached hydrogen (secondary N) is 3. The van der Waals surface area contributed by atoms with E-state index in [9.17, 15) is 13.2 Å². The van der Waals surface area contributed by atoms with Gasteiger partial charge in [-0.1, -0.05) is 25.2 Å². The molecule has 1 aliphatic carbocycles. The van der Waals surface area contributed by atoms with Crippen molar-refractivity contribution >= 4 is 22.7 Å². The molecule has 0 radical (unpaired) electrons. The van der Waals surface area contributed by atoms with Crippen LogP contribution in [0.25, 0.3) is 16.9 Å². The van der Waals surface area contributed by atoms with Crippen LogP contribution in [0.3, 0.4) is 0 Å². The number of hydrogen-bond acceptors (Lipinski definition) is 6. The summed E-state index contributed by atoms with van der Waals surface area (Å²) in [5.74, 6) is 0.582. The van der Waals surface area contributed by atoms with E-state index in [-0.39, 0.29) is 17.9 Å². The van der Waals surface area contributed by atoms with Crippen LogP contribution >= 0.6 is 0 Å². The zero-order valence-corrected chi connectivity index (χ0v) is 20.3. The second kappa shape index (κ2) is 9.93. The van der Waals surface area contributed by atoms with E-state index in [1.54, 1.807) is 24.7 Å². The lowest BCUT2D eigenvalue weighted by atomic mass is 9.82. The van der Waals surface area contributed by atoms with Gasteiger partial charge >= 0.3 is 6.18 Å². The Morgan fingerprint density at radius 2 is 2.08 bits per heavy atom. The average Bonchev–Trinajstić information content (AvgIpc) is 3.52. The summed E-state index contributed by atoms with van der Waals surface area (Å²) in [6.45, 7) is 5.71. The van der Waals surface area contributed by atoms with Crippen molar-refractivity contribution in [2.75, 3.05) is 23.7 Å². The summed E-state index contributed by atoms with van der Waals surface area (Å²) in [5, 5.41) is 10.2. The highest BCUT2D eigenvalue weighted by molar-refractivity contribution is 5.81. The molecule has 0 amide bonds. The van der Waals surface area contributed by atoms with Gasteiger partial charge in [-0.2, -0.15) is 18.2 Å². The Labute approximate surface area is 207 Å². The zero-order valence-electron chi connectivity index (χ0n) is 20.3. The van der Waals surface area contributed by atoms with Crippen LogP contribution in [0.5, 0.6) is 0 Å². The molecule has 1 aromatic carbocycles. The zero-order chi connectivity index (χ0) is 25.3. The molecule has 0 spiro atoms. The normalized spacial score (nSPS) is 23.0. The monoisotopic (exact) mass is 497 g/mol. The minimum atomic E-state index is -4.36. The number of aromatic nitrogens is 4. The summed E-state index contributed by atoms with van der Waals surface area (Å²) in [6.07, 6.45) is 5.44. The van der Waals surface area contributed by atoms with Crippen LogP contribution < -0.4 is 16.0 Å². The molecule has 3 heterocycles. The van der Waals surface area contributed by atoms with Gasteiger partial charge in [0.2, 0.25) is 5.95 Å². The Hall–Kier alpha value is -3.40. The molecule has 3 N–H and O–H groups in total. The standard InChI is InChI=1S/C26H30F3N7/c1-16-5-6-18(26(27,28)29)12-21(16)17(2)34-25-31-11-9-24(35-25)36-15-33-22-13-19(7-8-23(22)36)32-14-20-4-3-10-30-20/h5-9,11-13,15-17,20-21,30,32H,3-4,10,14H2,1-2H3,(H,31,34,35)/t16?,17-,20?,21?/m0/s1. The van der Waals surface area contributed by atoms with E-state index in [0.717, 1.165) is 35.9 Å². The number of rotatable bonds is 7. The predicted octanol–water partition coefficient (Wildman–Crippen LogP) is 5.09. The first-order valence-electron chi connectivity index (χ1n) is 12.3. The summed E-state index contributed by atoms with van der Waals surface area (Å²) in [6, 6.07) is 8.02. The number of benzene rings is 1. The second-order valence-corrected chi connectivity index (χ2v) is 9.58. The van der Waals surface area contributed by atoms with E-state index in [4.69, 9.17) is 0 Å². The minimum Gasteiger partial charge on any atom is -0.383 e. The Morgan fingerprint density at radius 3 is 2.86 bits per heavy atom. The molecule has 0 saturated carbocycles.